The lowest BCUT2D eigenvalue weighted by molar-refractivity contribution is -0.151. The Bertz CT molecular complexity index is 828. The SMILES string of the molecule is C=C(C)C(=O)OC(Cc1ccccc1)(c1ccccc1)c1ccccc1. The molecule has 0 saturated heterocycles. The fourth-order valence-corrected chi connectivity index (χ4v) is 3.07. The van der Waals surface area contributed by atoms with E-state index in [1.807, 2.05) is 78.9 Å². The van der Waals surface area contributed by atoms with Crippen LogP contribution in [0.3, 0.4) is 0 Å². The predicted molar refractivity (Wildman–Crippen MR) is 105 cm³/mol. The summed E-state index contributed by atoms with van der Waals surface area (Å²) in [5, 5.41) is 0. The van der Waals surface area contributed by atoms with E-state index in [1.165, 1.54) is 0 Å². The van der Waals surface area contributed by atoms with Gasteiger partial charge in [-0.2, -0.15) is 0 Å². The minimum Gasteiger partial charge on any atom is -0.446 e. The van der Waals surface area contributed by atoms with Crippen LogP contribution >= 0.6 is 0 Å². The molecule has 0 spiro atoms. The molecular formula is C24H22O2. The van der Waals surface area contributed by atoms with Crippen LogP contribution in [0.5, 0.6) is 0 Å². The maximum atomic E-state index is 12.6. The summed E-state index contributed by atoms with van der Waals surface area (Å²) in [5.41, 5.74) is 2.43. The van der Waals surface area contributed by atoms with Crippen LogP contribution in [0.4, 0.5) is 0 Å². The zero-order chi connectivity index (χ0) is 18.4. The summed E-state index contributed by atoms with van der Waals surface area (Å²) in [4.78, 5) is 12.6. The molecule has 26 heavy (non-hydrogen) atoms. The van der Waals surface area contributed by atoms with Crippen LogP contribution in [0.15, 0.2) is 103 Å². The lowest BCUT2D eigenvalue weighted by Gasteiger charge is -2.35. The Morgan fingerprint density at radius 1 is 0.808 bits per heavy atom. The zero-order valence-electron chi connectivity index (χ0n) is 14.9. The highest BCUT2D eigenvalue weighted by atomic mass is 16.6. The third-order valence-electron chi connectivity index (χ3n) is 4.39. The molecule has 0 saturated carbocycles. The van der Waals surface area contributed by atoms with Crippen molar-refractivity contribution in [2.45, 2.75) is 18.9 Å². The van der Waals surface area contributed by atoms with E-state index in [2.05, 4.69) is 18.7 Å². The molecule has 0 bridgehead atoms. The van der Waals surface area contributed by atoms with Gasteiger partial charge in [0.05, 0.1) is 0 Å². The quantitative estimate of drug-likeness (QED) is 0.449. The van der Waals surface area contributed by atoms with Gasteiger partial charge in [0, 0.05) is 23.1 Å². The van der Waals surface area contributed by atoms with Crippen molar-refractivity contribution in [1.29, 1.82) is 0 Å². The number of hydrogen-bond donors (Lipinski definition) is 0. The second kappa shape index (κ2) is 7.83. The largest absolute Gasteiger partial charge is 0.446 e. The molecule has 0 fully saturated rings. The minimum atomic E-state index is -0.917. The van der Waals surface area contributed by atoms with E-state index in [0.717, 1.165) is 16.7 Å². The molecule has 2 heteroatoms. The highest BCUT2D eigenvalue weighted by Gasteiger charge is 2.38. The van der Waals surface area contributed by atoms with E-state index in [9.17, 15) is 4.79 Å². The van der Waals surface area contributed by atoms with Gasteiger partial charge in [-0.05, 0) is 12.5 Å². The van der Waals surface area contributed by atoms with Crippen molar-refractivity contribution < 1.29 is 9.53 Å². The Kier molecular flexibility index (Phi) is 5.33. The Morgan fingerprint density at radius 3 is 1.65 bits per heavy atom. The van der Waals surface area contributed by atoms with E-state index in [0.29, 0.717) is 12.0 Å². The molecule has 2 nitrogen and oxygen atoms in total. The summed E-state index contributed by atoms with van der Waals surface area (Å²) in [7, 11) is 0. The first-order chi connectivity index (χ1) is 12.6. The van der Waals surface area contributed by atoms with Crippen LogP contribution in [0.2, 0.25) is 0 Å². The van der Waals surface area contributed by atoms with Crippen LogP contribution < -0.4 is 0 Å². The van der Waals surface area contributed by atoms with Crippen molar-refractivity contribution >= 4 is 5.97 Å². The molecule has 0 aliphatic rings. The predicted octanol–water partition coefficient (Wildman–Crippen LogP) is 5.29. The van der Waals surface area contributed by atoms with Crippen molar-refractivity contribution in [2.75, 3.05) is 0 Å². The first-order valence-electron chi connectivity index (χ1n) is 8.66. The molecule has 0 N–H and O–H groups in total. The van der Waals surface area contributed by atoms with E-state index in [1.54, 1.807) is 6.92 Å². The van der Waals surface area contributed by atoms with Gasteiger partial charge in [0.2, 0.25) is 0 Å². The van der Waals surface area contributed by atoms with Gasteiger partial charge in [-0.3, -0.25) is 0 Å². The third-order valence-corrected chi connectivity index (χ3v) is 4.39. The van der Waals surface area contributed by atoms with Crippen molar-refractivity contribution in [3.8, 4) is 0 Å². The molecule has 0 aliphatic carbocycles. The number of ether oxygens (including phenoxy) is 1. The van der Waals surface area contributed by atoms with Gasteiger partial charge in [-0.15, -0.1) is 0 Å². The first kappa shape index (κ1) is 17.7. The van der Waals surface area contributed by atoms with Crippen LogP contribution in [-0.2, 0) is 21.6 Å². The summed E-state index contributed by atoms with van der Waals surface area (Å²) in [6.45, 7) is 5.43. The molecule has 0 aliphatic heterocycles. The Labute approximate surface area is 154 Å². The molecule has 3 aromatic carbocycles. The van der Waals surface area contributed by atoms with Crippen molar-refractivity contribution in [2.24, 2.45) is 0 Å². The second-order valence-corrected chi connectivity index (χ2v) is 6.39. The standard InChI is InChI=1S/C24H22O2/c1-19(2)23(25)26-24(21-14-8-4-9-15-21,22-16-10-5-11-17-22)18-20-12-6-3-7-13-20/h3-17H,1,18H2,2H3. The van der Waals surface area contributed by atoms with Crippen molar-refractivity contribution in [3.05, 3.63) is 120 Å². The fourth-order valence-electron chi connectivity index (χ4n) is 3.07. The monoisotopic (exact) mass is 342 g/mol. The molecule has 0 atom stereocenters. The molecule has 0 amide bonds. The average molecular weight is 342 g/mol. The minimum absolute atomic E-state index is 0.384. The molecule has 0 radical (unpaired) electrons. The molecule has 0 aromatic heterocycles. The van der Waals surface area contributed by atoms with Gasteiger partial charge < -0.3 is 4.74 Å². The normalized spacial score (nSPS) is 11.0. The molecule has 0 unspecified atom stereocenters. The highest BCUT2D eigenvalue weighted by molar-refractivity contribution is 5.87. The average Bonchev–Trinajstić information content (AvgIpc) is 2.69. The summed E-state index contributed by atoms with van der Waals surface area (Å²) in [5.74, 6) is -0.395. The van der Waals surface area contributed by atoms with Gasteiger partial charge >= 0.3 is 5.97 Å². The van der Waals surface area contributed by atoms with Gasteiger partial charge in [-0.1, -0.05) is 97.6 Å². The summed E-state index contributed by atoms with van der Waals surface area (Å²) in [6, 6.07) is 29.9. The number of rotatable bonds is 6. The Balaban J connectivity index is 2.19. The fraction of sp³-hybridized carbons (Fsp3) is 0.125. The van der Waals surface area contributed by atoms with Crippen molar-refractivity contribution in [3.63, 3.8) is 0 Å². The number of carbonyl (C=O) groups excluding carboxylic acids is 1. The summed E-state index contributed by atoms with van der Waals surface area (Å²) < 4.78 is 6.14. The van der Waals surface area contributed by atoms with E-state index in [-0.39, 0.29) is 0 Å². The van der Waals surface area contributed by atoms with Gasteiger partial charge in [-0.25, -0.2) is 4.79 Å². The van der Waals surface area contributed by atoms with E-state index >= 15 is 0 Å². The molecule has 130 valence electrons. The van der Waals surface area contributed by atoms with Gasteiger partial charge in [0.25, 0.3) is 0 Å². The molecular weight excluding hydrogens is 320 g/mol. The van der Waals surface area contributed by atoms with Gasteiger partial charge in [0.15, 0.2) is 5.60 Å². The van der Waals surface area contributed by atoms with E-state index < -0.39 is 11.6 Å². The van der Waals surface area contributed by atoms with E-state index in [4.69, 9.17) is 4.74 Å². The van der Waals surface area contributed by atoms with Crippen LogP contribution in [0, 0.1) is 0 Å². The molecule has 3 aromatic rings. The Hall–Kier alpha value is -3.13. The third kappa shape index (κ3) is 3.75. The maximum absolute atomic E-state index is 12.6. The number of hydrogen-bond acceptors (Lipinski definition) is 2. The summed E-state index contributed by atoms with van der Waals surface area (Å²) >= 11 is 0. The lowest BCUT2D eigenvalue weighted by Crippen LogP contribution is -2.36. The van der Waals surface area contributed by atoms with Gasteiger partial charge in [0.1, 0.15) is 0 Å². The maximum Gasteiger partial charge on any atom is 0.334 e. The summed E-state index contributed by atoms with van der Waals surface area (Å²) in [6.07, 6.45) is 0.543. The van der Waals surface area contributed by atoms with Crippen LogP contribution in [0.25, 0.3) is 0 Å². The number of benzene rings is 3. The topological polar surface area (TPSA) is 26.3 Å². The van der Waals surface area contributed by atoms with Crippen LogP contribution in [-0.4, -0.2) is 5.97 Å². The van der Waals surface area contributed by atoms with Crippen molar-refractivity contribution in [1.82, 2.24) is 0 Å². The zero-order valence-corrected chi connectivity index (χ0v) is 14.9. The number of carbonyl (C=O) groups is 1. The lowest BCUT2D eigenvalue weighted by atomic mass is 9.81. The highest BCUT2D eigenvalue weighted by Crippen LogP contribution is 2.37. The molecule has 0 heterocycles. The number of esters is 1. The second-order valence-electron chi connectivity index (χ2n) is 6.39. The van der Waals surface area contributed by atoms with Crippen LogP contribution in [0.1, 0.15) is 23.6 Å². The smallest absolute Gasteiger partial charge is 0.334 e. The molecule has 3 rings (SSSR count). The Morgan fingerprint density at radius 2 is 1.23 bits per heavy atom. The first-order valence-corrected chi connectivity index (χ1v) is 8.66.